The van der Waals surface area contributed by atoms with Gasteiger partial charge in [-0.15, -0.1) is 0 Å². The summed E-state index contributed by atoms with van der Waals surface area (Å²) in [5.74, 6) is -0.338. The van der Waals surface area contributed by atoms with E-state index >= 15 is 0 Å². The number of piperidine rings is 1. The Morgan fingerprint density at radius 3 is 2.25 bits per heavy atom. The quantitative estimate of drug-likeness (QED) is 0.592. The van der Waals surface area contributed by atoms with E-state index in [2.05, 4.69) is 26.1 Å². The second-order valence-corrected chi connectivity index (χ2v) is 7.72. The number of carboxylic acid groups (broad SMARTS) is 1. The Morgan fingerprint density at radius 2 is 1.67 bits per heavy atom. The first-order chi connectivity index (χ1) is 11.3. The van der Waals surface area contributed by atoms with Crippen molar-refractivity contribution in [1.82, 2.24) is 5.32 Å². The Hall–Kier alpha value is -1.10. The summed E-state index contributed by atoms with van der Waals surface area (Å²) in [6.45, 7) is 8.37. The topological polar surface area (TPSA) is 75.6 Å². The first kappa shape index (κ1) is 20.9. The predicted molar refractivity (Wildman–Crippen MR) is 94.8 cm³/mol. The van der Waals surface area contributed by atoms with Gasteiger partial charge in [0.05, 0.1) is 5.92 Å². The maximum atomic E-state index is 12.2. The SMILES string of the molecule is CC(CCCC(=O)O)CCCC(C)C(=O)OC1CC(C)NC(C)C1. The summed E-state index contributed by atoms with van der Waals surface area (Å²) in [6, 6.07) is 0.794. The highest BCUT2D eigenvalue weighted by Gasteiger charge is 2.27. The Morgan fingerprint density at radius 1 is 1.08 bits per heavy atom. The summed E-state index contributed by atoms with van der Waals surface area (Å²) in [5.41, 5.74) is 0. The Labute approximate surface area is 146 Å². The molecule has 1 fully saturated rings. The molecule has 140 valence electrons. The van der Waals surface area contributed by atoms with Gasteiger partial charge in [0, 0.05) is 18.5 Å². The lowest BCUT2D eigenvalue weighted by atomic mass is 9.94. The van der Waals surface area contributed by atoms with Crippen molar-refractivity contribution in [2.24, 2.45) is 11.8 Å². The highest BCUT2D eigenvalue weighted by atomic mass is 16.5. The minimum atomic E-state index is -0.722. The van der Waals surface area contributed by atoms with E-state index in [0.717, 1.165) is 44.9 Å². The molecule has 5 nitrogen and oxygen atoms in total. The molecule has 0 saturated carbocycles. The molecule has 0 aromatic heterocycles. The number of hydrogen-bond donors (Lipinski definition) is 2. The summed E-state index contributed by atoms with van der Waals surface area (Å²) in [6.07, 6.45) is 6.63. The van der Waals surface area contributed by atoms with Gasteiger partial charge < -0.3 is 15.2 Å². The normalized spacial score (nSPS) is 26.6. The minimum absolute atomic E-state index is 0.0427. The van der Waals surface area contributed by atoms with Gasteiger partial charge in [-0.2, -0.15) is 0 Å². The molecule has 5 heteroatoms. The first-order valence-electron chi connectivity index (χ1n) is 9.46. The van der Waals surface area contributed by atoms with Crippen LogP contribution in [0.25, 0.3) is 0 Å². The first-order valence-corrected chi connectivity index (χ1v) is 9.46. The number of ether oxygens (including phenoxy) is 1. The molecule has 1 aliphatic rings. The van der Waals surface area contributed by atoms with E-state index in [0.29, 0.717) is 18.0 Å². The lowest BCUT2D eigenvalue weighted by Gasteiger charge is -2.33. The highest BCUT2D eigenvalue weighted by molar-refractivity contribution is 5.72. The van der Waals surface area contributed by atoms with Crippen LogP contribution in [0.5, 0.6) is 0 Å². The number of nitrogens with one attached hydrogen (secondary N) is 1. The van der Waals surface area contributed by atoms with Gasteiger partial charge >= 0.3 is 11.9 Å². The van der Waals surface area contributed by atoms with Gasteiger partial charge in [0.25, 0.3) is 0 Å². The second kappa shape index (κ2) is 10.7. The summed E-state index contributed by atoms with van der Waals surface area (Å²) in [4.78, 5) is 22.7. The maximum Gasteiger partial charge on any atom is 0.308 e. The van der Waals surface area contributed by atoms with Gasteiger partial charge in [0.2, 0.25) is 0 Å². The molecule has 1 saturated heterocycles. The molecule has 0 aromatic rings. The summed E-state index contributed by atoms with van der Waals surface area (Å²) >= 11 is 0. The molecule has 1 rings (SSSR count). The average Bonchev–Trinajstić information content (AvgIpc) is 2.45. The minimum Gasteiger partial charge on any atom is -0.481 e. The Kier molecular flexibility index (Phi) is 9.34. The molecule has 0 bridgehead atoms. The standard InChI is InChI=1S/C19H35NO4/c1-13(8-6-10-18(21)22)7-5-9-14(2)19(23)24-17-11-15(3)20-16(4)12-17/h13-17,20H,5-12H2,1-4H3,(H,21,22). The van der Waals surface area contributed by atoms with Crippen molar-refractivity contribution in [3.8, 4) is 0 Å². The molecule has 0 spiro atoms. The molecule has 4 atom stereocenters. The molecule has 0 aliphatic carbocycles. The predicted octanol–water partition coefficient (Wildman–Crippen LogP) is 3.76. The van der Waals surface area contributed by atoms with Gasteiger partial charge in [-0.3, -0.25) is 9.59 Å². The van der Waals surface area contributed by atoms with Crippen molar-refractivity contribution in [2.45, 2.75) is 97.2 Å². The second-order valence-electron chi connectivity index (χ2n) is 7.72. The van der Waals surface area contributed by atoms with Gasteiger partial charge in [0.15, 0.2) is 0 Å². The van der Waals surface area contributed by atoms with E-state index < -0.39 is 5.97 Å². The van der Waals surface area contributed by atoms with Crippen molar-refractivity contribution in [1.29, 1.82) is 0 Å². The molecule has 1 aliphatic heterocycles. The number of carbonyl (C=O) groups is 2. The lowest BCUT2D eigenvalue weighted by Crippen LogP contribution is -2.46. The Bertz CT molecular complexity index is 389. The highest BCUT2D eigenvalue weighted by Crippen LogP contribution is 2.21. The van der Waals surface area contributed by atoms with Crippen LogP contribution in [0, 0.1) is 11.8 Å². The largest absolute Gasteiger partial charge is 0.481 e. The maximum absolute atomic E-state index is 12.2. The van der Waals surface area contributed by atoms with Crippen LogP contribution >= 0.6 is 0 Å². The monoisotopic (exact) mass is 341 g/mol. The van der Waals surface area contributed by atoms with E-state index in [1.807, 2.05) is 6.92 Å². The number of aliphatic carboxylic acids is 1. The van der Waals surface area contributed by atoms with E-state index in [1.165, 1.54) is 0 Å². The zero-order valence-electron chi connectivity index (χ0n) is 15.7. The number of hydrogen-bond acceptors (Lipinski definition) is 4. The van der Waals surface area contributed by atoms with Crippen LogP contribution < -0.4 is 5.32 Å². The van der Waals surface area contributed by atoms with Crippen molar-refractivity contribution in [3.05, 3.63) is 0 Å². The fourth-order valence-corrected chi connectivity index (χ4v) is 3.52. The molecule has 4 unspecified atom stereocenters. The van der Waals surface area contributed by atoms with E-state index in [9.17, 15) is 9.59 Å². The molecule has 2 N–H and O–H groups in total. The fourth-order valence-electron chi connectivity index (χ4n) is 3.52. The molecule has 1 heterocycles. The lowest BCUT2D eigenvalue weighted by molar-refractivity contribution is -0.155. The number of esters is 1. The van der Waals surface area contributed by atoms with Gasteiger partial charge in [-0.1, -0.05) is 33.1 Å². The molecule has 0 radical (unpaired) electrons. The fraction of sp³-hybridized carbons (Fsp3) is 0.895. The molecule has 0 aromatic carbocycles. The molecular weight excluding hydrogens is 306 g/mol. The third-order valence-corrected chi connectivity index (χ3v) is 4.91. The van der Waals surface area contributed by atoms with Crippen LogP contribution in [0.15, 0.2) is 0 Å². The van der Waals surface area contributed by atoms with E-state index in [-0.39, 0.29) is 24.4 Å². The molecule has 0 amide bonds. The third kappa shape index (κ3) is 8.67. The zero-order chi connectivity index (χ0) is 18.1. The van der Waals surface area contributed by atoms with Gasteiger partial charge in [0.1, 0.15) is 6.10 Å². The van der Waals surface area contributed by atoms with Gasteiger partial charge in [-0.25, -0.2) is 0 Å². The number of carboxylic acids is 1. The average molecular weight is 341 g/mol. The zero-order valence-corrected chi connectivity index (χ0v) is 15.7. The summed E-state index contributed by atoms with van der Waals surface area (Å²) in [5, 5.41) is 12.1. The molecular formula is C19H35NO4. The smallest absolute Gasteiger partial charge is 0.308 e. The molecule has 24 heavy (non-hydrogen) atoms. The van der Waals surface area contributed by atoms with Crippen LogP contribution in [0.4, 0.5) is 0 Å². The summed E-state index contributed by atoms with van der Waals surface area (Å²) < 4.78 is 5.70. The van der Waals surface area contributed by atoms with Crippen LogP contribution in [-0.4, -0.2) is 35.2 Å². The third-order valence-electron chi connectivity index (χ3n) is 4.91. The van der Waals surface area contributed by atoms with Crippen molar-refractivity contribution in [2.75, 3.05) is 0 Å². The van der Waals surface area contributed by atoms with Crippen molar-refractivity contribution >= 4 is 11.9 Å². The van der Waals surface area contributed by atoms with Crippen molar-refractivity contribution in [3.63, 3.8) is 0 Å². The number of rotatable bonds is 10. The van der Waals surface area contributed by atoms with E-state index in [4.69, 9.17) is 9.84 Å². The van der Waals surface area contributed by atoms with Crippen LogP contribution in [0.3, 0.4) is 0 Å². The van der Waals surface area contributed by atoms with Crippen LogP contribution in [0.1, 0.15) is 79.1 Å². The Balaban J connectivity index is 2.18. The van der Waals surface area contributed by atoms with Crippen molar-refractivity contribution < 1.29 is 19.4 Å². The van der Waals surface area contributed by atoms with Gasteiger partial charge in [-0.05, 0) is 45.4 Å². The summed E-state index contributed by atoms with van der Waals surface area (Å²) in [7, 11) is 0. The van der Waals surface area contributed by atoms with E-state index in [1.54, 1.807) is 0 Å². The van der Waals surface area contributed by atoms with Crippen LogP contribution in [0.2, 0.25) is 0 Å². The number of carbonyl (C=O) groups excluding carboxylic acids is 1. The van der Waals surface area contributed by atoms with Crippen LogP contribution in [-0.2, 0) is 14.3 Å².